The minimum Gasteiger partial charge on any atom is -0.546 e. The van der Waals surface area contributed by atoms with Crippen molar-refractivity contribution >= 4 is 23.9 Å². The van der Waals surface area contributed by atoms with Crippen molar-refractivity contribution in [2.24, 2.45) is 0 Å². The van der Waals surface area contributed by atoms with Crippen molar-refractivity contribution in [3.63, 3.8) is 0 Å². The van der Waals surface area contributed by atoms with Crippen molar-refractivity contribution in [3.8, 4) is 0 Å². The van der Waals surface area contributed by atoms with Gasteiger partial charge in [-0.1, -0.05) is 36.4 Å². The quantitative estimate of drug-likeness (QED) is 0.330. The number of hydrogen-bond acceptors (Lipinski definition) is 8. The zero-order valence-electron chi connectivity index (χ0n) is 15.2. The van der Waals surface area contributed by atoms with E-state index in [1.54, 1.807) is 12.1 Å². The molecule has 0 spiro atoms. The Morgan fingerprint density at radius 1 is 0.607 bits per heavy atom. The number of carboxylic acid groups (broad SMARTS) is 2. The van der Waals surface area contributed by atoms with Gasteiger partial charge in [-0.05, 0) is 24.3 Å². The monoisotopic (exact) mass is 402 g/mol. The Bertz CT molecular complexity index is 741. The van der Waals surface area contributed by atoms with Gasteiger partial charge in [-0.2, -0.15) is 0 Å². The molecule has 2 aromatic carbocycles. The molecule has 0 fully saturated rings. The molecular formula is C18H12Na2O8. The largest absolute Gasteiger partial charge is 1.00 e. The van der Waals surface area contributed by atoms with E-state index in [1.165, 1.54) is 48.5 Å². The van der Waals surface area contributed by atoms with Crippen LogP contribution in [0.15, 0.2) is 60.7 Å². The van der Waals surface area contributed by atoms with Gasteiger partial charge in [-0.25, -0.2) is 9.59 Å². The molecule has 0 saturated carbocycles. The van der Waals surface area contributed by atoms with Crippen molar-refractivity contribution in [2.75, 3.05) is 0 Å². The molecule has 0 N–H and O–H groups in total. The van der Waals surface area contributed by atoms with E-state index in [2.05, 4.69) is 9.47 Å². The maximum atomic E-state index is 12.0. The van der Waals surface area contributed by atoms with Crippen LogP contribution < -0.4 is 69.3 Å². The Labute approximate surface area is 204 Å². The smallest absolute Gasteiger partial charge is 0.546 e. The zero-order valence-corrected chi connectivity index (χ0v) is 19.2. The van der Waals surface area contributed by atoms with E-state index in [9.17, 15) is 29.4 Å². The van der Waals surface area contributed by atoms with E-state index in [4.69, 9.17) is 0 Å². The molecule has 0 aliphatic carbocycles. The Balaban J connectivity index is 0.00000364. The average molecular weight is 402 g/mol. The third kappa shape index (κ3) is 7.38. The average Bonchev–Trinajstić information content (AvgIpc) is 2.65. The van der Waals surface area contributed by atoms with Crippen molar-refractivity contribution in [1.82, 2.24) is 0 Å². The van der Waals surface area contributed by atoms with Gasteiger partial charge in [0.25, 0.3) is 0 Å². The van der Waals surface area contributed by atoms with E-state index in [0.717, 1.165) is 0 Å². The van der Waals surface area contributed by atoms with Crippen LogP contribution in [0, 0.1) is 0 Å². The standard InChI is InChI=1S/C18H14O8.2Na/c19-15(20)13(25-17(23)11-7-3-1-4-8-11)14(16(21)22)26-18(24)12-9-5-2-6-10-12;;/h1-10,13-14H,(H,19,20)(H,21,22);;/q;2*+1/p-2. The molecule has 2 aromatic rings. The molecule has 28 heavy (non-hydrogen) atoms. The summed E-state index contributed by atoms with van der Waals surface area (Å²) in [5, 5.41) is 22.5. The Morgan fingerprint density at radius 3 is 1.14 bits per heavy atom. The number of ether oxygens (including phenoxy) is 2. The van der Waals surface area contributed by atoms with Crippen molar-refractivity contribution < 1.29 is 98.0 Å². The van der Waals surface area contributed by atoms with Gasteiger partial charge in [0.1, 0.15) is 0 Å². The van der Waals surface area contributed by atoms with Gasteiger partial charge in [0.15, 0.2) is 12.2 Å². The third-order valence-electron chi connectivity index (χ3n) is 3.23. The molecular weight excluding hydrogens is 390 g/mol. The maximum Gasteiger partial charge on any atom is 1.00 e. The molecule has 134 valence electrons. The van der Waals surface area contributed by atoms with Crippen molar-refractivity contribution in [2.45, 2.75) is 12.2 Å². The number of carbonyl (C=O) groups is 4. The first-order valence-corrected chi connectivity index (χ1v) is 7.34. The van der Waals surface area contributed by atoms with Gasteiger partial charge in [0.05, 0.1) is 23.1 Å². The second kappa shape index (κ2) is 12.7. The SMILES string of the molecule is O=C(OC(C(=O)[O-])C(OC(=O)c1ccccc1)C(=O)[O-])c1ccccc1.[Na+].[Na+]. The minimum atomic E-state index is -2.39. The van der Waals surface area contributed by atoms with Crippen molar-refractivity contribution in [3.05, 3.63) is 71.8 Å². The summed E-state index contributed by atoms with van der Waals surface area (Å²) < 4.78 is 9.32. The van der Waals surface area contributed by atoms with Crippen LogP contribution >= 0.6 is 0 Å². The molecule has 0 heterocycles. The van der Waals surface area contributed by atoms with Crippen LogP contribution in [0.3, 0.4) is 0 Å². The number of benzene rings is 2. The fraction of sp³-hybridized carbons (Fsp3) is 0.111. The molecule has 0 amide bonds. The van der Waals surface area contributed by atoms with Gasteiger partial charge in [0.2, 0.25) is 0 Å². The maximum absolute atomic E-state index is 12.0. The second-order valence-corrected chi connectivity index (χ2v) is 5.02. The Kier molecular flexibility index (Phi) is 12.0. The summed E-state index contributed by atoms with van der Waals surface area (Å²) in [5.74, 6) is -6.35. The van der Waals surface area contributed by atoms with Crippen LogP contribution in [-0.2, 0) is 19.1 Å². The normalized spacial score (nSPS) is 11.6. The minimum absolute atomic E-state index is 0. The van der Waals surface area contributed by atoms with Gasteiger partial charge < -0.3 is 29.3 Å². The summed E-state index contributed by atoms with van der Waals surface area (Å²) in [6.45, 7) is 0. The zero-order chi connectivity index (χ0) is 19.1. The molecule has 0 aromatic heterocycles. The van der Waals surface area contributed by atoms with E-state index in [0.29, 0.717) is 0 Å². The number of carbonyl (C=O) groups excluding carboxylic acids is 4. The summed E-state index contributed by atoms with van der Waals surface area (Å²) in [6, 6.07) is 14.5. The number of carboxylic acids is 2. The van der Waals surface area contributed by atoms with Crippen LogP contribution in [-0.4, -0.2) is 36.1 Å². The molecule has 2 rings (SSSR count). The Morgan fingerprint density at radius 2 is 0.893 bits per heavy atom. The molecule has 10 heteroatoms. The second-order valence-electron chi connectivity index (χ2n) is 5.02. The first kappa shape index (κ1) is 26.3. The number of esters is 2. The molecule has 0 saturated heterocycles. The van der Waals surface area contributed by atoms with Crippen LogP contribution in [0.2, 0.25) is 0 Å². The summed E-state index contributed by atoms with van der Waals surface area (Å²) in [5.41, 5.74) is -0.0459. The fourth-order valence-electron chi connectivity index (χ4n) is 1.98. The number of rotatable bonds is 7. The summed E-state index contributed by atoms with van der Waals surface area (Å²) in [4.78, 5) is 46.5. The van der Waals surface area contributed by atoms with Crippen LogP contribution in [0.1, 0.15) is 20.7 Å². The molecule has 2 atom stereocenters. The van der Waals surface area contributed by atoms with E-state index in [1.807, 2.05) is 0 Å². The molecule has 0 radical (unpaired) electrons. The van der Waals surface area contributed by atoms with Crippen molar-refractivity contribution in [1.29, 1.82) is 0 Å². The predicted molar refractivity (Wildman–Crippen MR) is 81.3 cm³/mol. The van der Waals surface area contributed by atoms with Gasteiger partial charge in [0, 0.05) is 0 Å². The fourth-order valence-corrected chi connectivity index (χ4v) is 1.98. The predicted octanol–water partition coefficient (Wildman–Crippen LogP) is -7.05. The number of hydrogen-bond donors (Lipinski definition) is 0. The molecule has 0 aliphatic heterocycles. The summed E-state index contributed by atoms with van der Waals surface area (Å²) in [7, 11) is 0. The Hall–Kier alpha value is -1.68. The topological polar surface area (TPSA) is 133 Å². The number of aliphatic carboxylic acids is 2. The molecule has 8 nitrogen and oxygen atoms in total. The van der Waals surface area contributed by atoms with Crippen LogP contribution in [0.4, 0.5) is 0 Å². The summed E-state index contributed by atoms with van der Waals surface area (Å²) >= 11 is 0. The van der Waals surface area contributed by atoms with Gasteiger partial charge in [-0.3, -0.25) is 0 Å². The molecule has 0 aliphatic rings. The van der Waals surface area contributed by atoms with Gasteiger partial charge in [-0.15, -0.1) is 0 Å². The van der Waals surface area contributed by atoms with Crippen LogP contribution in [0.25, 0.3) is 0 Å². The van der Waals surface area contributed by atoms with E-state index < -0.39 is 36.1 Å². The third-order valence-corrected chi connectivity index (χ3v) is 3.23. The van der Waals surface area contributed by atoms with Gasteiger partial charge >= 0.3 is 71.1 Å². The van der Waals surface area contributed by atoms with Crippen LogP contribution in [0.5, 0.6) is 0 Å². The van der Waals surface area contributed by atoms with E-state index >= 15 is 0 Å². The first-order valence-electron chi connectivity index (χ1n) is 7.34. The molecule has 0 bridgehead atoms. The first-order chi connectivity index (χ1) is 12.4. The summed E-state index contributed by atoms with van der Waals surface area (Å²) in [6.07, 6.45) is -4.78. The molecule has 2 unspecified atom stereocenters. The van der Waals surface area contributed by atoms with E-state index in [-0.39, 0.29) is 70.2 Å².